The molecule has 0 radical (unpaired) electrons. The zero-order valence-electron chi connectivity index (χ0n) is 10.7. The Morgan fingerprint density at radius 2 is 2.22 bits per heavy atom. The molecule has 2 N–H and O–H groups in total. The lowest BCUT2D eigenvalue weighted by Gasteiger charge is -2.11. The highest BCUT2D eigenvalue weighted by Gasteiger charge is 2.09. The van der Waals surface area contributed by atoms with Crippen LogP contribution in [-0.4, -0.2) is 35.7 Å². The molecule has 0 bridgehead atoms. The van der Waals surface area contributed by atoms with Crippen molar-refractivity contribution in [3.05, 3.63) is 24.3 Å². The zero-order chi connectivity index (χ0) is 13.4. The maximum Gasteiger partial charge on any atom is 0.234 e. The minimum atomic E-state index is -0.0608. The van der Waals surface area contributed by atoms with Gasteiger partial charge in [-0.2, -0.15) is 0 Å². The van der Waals surface area contributed by atoms with Crippen LogP contribution in [0.4, 0.5) is 5.69 Å². The Kier molecular flexibility index (Phi) is 6.60. The van der Waals surface area contributed by atoms with Crippen molar-refractivity contribution in [3.8, 4) is 5.75 Å². The monoisotopic (exact) mass is 269 g/mol. The number of ether oxygens (including phenoxy) is 1. The van der Waals surface area contributed by atoms with Gasteiger partial charge in [-0.25, -0.2) is 0 Å². The molecule has 0 aromatic heterocycles. The lowest BCUT2D eigenvalue weighted by molar-refractivity contribution is -0.113. The van der Waals surface area contributed by atoms with E-state index < -0.39 is 0 Å². The highest BCUT2D eigenvalue weighted by Crippen LogP contribution is 2.23. The maximum atomic E-state index is 11.7. The second-order valence-corrected chi connectivity index (χ2v) is 5.31. The first-order valence-corrected chi connectivity index (χ1v) is 6.87. The summed E-state index contributed by atoms with van der Waals surface area (Å²) in [5.74, 6) is 0.965. The van der Waals surface area contributed by atoms with E-state index in [-0.39, 0.29) is 17.8 Å². The normalized spacial score (nSPS) is 11.9. The molecule has 5 heteroatoms. The SMILES string of the molecule is COc1ccccc1NC(=O)CSC(C)CCO. The second-order valence-electron chi connectivity index (χ2n) is 3.88. The number of para-hydroxylation sites is 2. The Morgan fingerprint density at radius 3 is 2.89 bits per heavy atom. The lowest BCUT2D eigenvalue weighted by atomic mass is 10.3. The summed E-state index contributed by atoms with van der Waals surface area (Å²) in [5, 5.41) is 11.9. The number of benzene rings is 1. The minimum Gasteiger partial charge on any atom is -0.495 e. The molecule has 0 saturated heterocycles. The highest BCUT2D eigenvalue weighted by molar-refractivity contribution is 8.00. The van der Waals surface area contributed by atoms with E-state index in [4.69, 9.17) is 9.84 Å². The van der Waals surface area contributed by atoms with Gasteiger partial charge in [-0.15, -0.1) is 11.8 Å². The van der Waals surface area contributed by atoms with Gasteiger partial charge in [0, 0.05) is 11.9 Å². The quantitative estimate of drug-likeness (QED) is 0.796. The average molecular weight is 269 g/mol. The molecule has 0 fully saturated rings. The van der Waals surface area contributed by atoms with Gasteiger partial charge in [-0.05, 0) is 18.6 Å². The Balaban J connectivity index is 2.44. The fourth-order valence-electron chi connectivity index (χ4n) is 1.42. The molecule has 1 amide bonds. The smallest absolute Gasteiger partial charge is 0.234 e. The summed E-state index contributed by atoms with van der Waals surface area (Å²) in [6.07, 6.45) is 0.701. The van der Waals surface area contributed by atoms with Gasteiger partial charge in [-0.3, -0.25) is 4.79 Å². The number of thioether (sulfide) groups is 1. The molecular formula is C13H19NO3S. The molecule has 1 unspecified atom stereocenters. The molecule has 0 heterocycles. The summed E-state index contributed by atoms with van der Waals surface area (Å²) in [6, 6.07) is 7.31. The van der Waals surface area contributed by atoms with E-state index in [1.54, 1.807) is 19.2 Å². The number of hydrogen-bond acceptors (Lipinski definition) is 4. The number of amides is 1. The van der Waals surface area contributed by atoms with E-state index in [1.165, 1.54) is 11.8 Å². The van der Waals surface area contributed by atoms with Crippen LogP contribution >= 0.6 is 11.8 Å². The standard InChI is InChI=1S/C13H19NO3S/c1-10(7-8-15)18-9-13(16)14-11-5-3-4-6-12(11)17-2/h3-6,10,15H,7-9H2,1-2H3,(H,14,16). The van der Waals surface area contributed by atoms with Gasteiger partial charge in [0.05, 0.1) is 18.6 Å². The number of aliphatic hydroxyl groups is 1. The molecule has 4 nitrogen and oxygen atoms in total. The van der Waals surface area contributed by atoms with Gasteiger partial charge >= 0.3 is 0 Å². The van der Waals surface area contributed by atoms with Crippen molar-refractivity contribution >= 4 is 23.4 Å². The molecule has 1 atom stereocenters. The molecule has 0 spiro atoms. The molecule has 100 valence electrons. The maximum absolute atomic E-state index is 11.7. The molecule has 1 rings (SSSR count). The van der Waals surface area contributed by atoms with Gasteiger partial charge in [0.25, 0.3) is 0 Å². The number of rotatable bonds is 7. The van der Waals surface area contributed by atoms with Gasteiger partial charge in [0.15, 0.2) is 0 Å². The van der Waals surface area contributed by atoms with Crippen molar-refractivity contribution in [1.82, 2.24) is 0 Å². The topological polar surface area (TPSA) is 58.6 Å². The van der Waals surface area contributed by atoms with Crippen LogP contribution in [0.25, 0.3) is 0 Å². The molecule has 0 aliphatic heterocycles. The minimum absolute atomic E-state index is 0.0608. The largest absolute Gasteiger partial charge is 0.495 e. The predicted molar refractivity (Wildman–Crippen MR) is 75.2 cm³/mol. The van der Waals surface area contributed by atoms with Gasteiger partial charge in [0.1, 0.15) is 5.75 Å². The first kappa shape index (κ1) is 14.9. The van der Waals surface area contributed by atoms with Crippen LogP contribution < -0.4 is 10.1 Å². The Hall–Kier alpha value is -1.20. The molecule has 1 aromatic rings. The number of carbonyl (C=O) groups excluding carboxylic acids is 1. The van der Waals surface area contributed by atoms with E-state index in [9.17, 15) is 4.79 Å². The van der Waals surface area contributed by atoms with E-state index in [0.717, 1.165) is 0 Å². The summed E-state index contributed by atoms with van der Waals surface area (Å²) < 4.78 is 5.16. The van der Waals surface area contributed by atoms with E-state index in [0.29, 0.717) is 23.6 Å². The number of hydrogen-bond donors (Lipinski definition) is 2. The van der Waals surface area contributed by atoms with Crippen LogP contribution in [0.2, 0.25) is 0 Å². The third-order valence-corrected chi connectivity index (χ3v) is 3.65. The molecular weight excluding hydrogens is 250 g/mol. The summed E-state index contributed by atoms with van der Waals surface area (Å²) in [4.78, 5) is 11.7. The molecule has 0 aliphatic carbocycles. The zero-order valence-corrected chi connectivity index (χ0v) is 11.5. The molecule has 18 heavy (non-hydrogen) atoms. The van der Waals surface area contributed by atoms with Gasteiger partial charge < -0.3 is 15.2 Å². The fraction of sp³-hybridized carbons (Fsp3) is 0.462. The van der Waals surface area contributed by atoms with Crippen molar-refractivity contribution in [2.45, 2.75) is 18.6 Å². The van der Waals surface area contributed by atoms with Crippen LogP contribution in [0.5, 0.6) is 5.75 Å². The summed E-state index contributed by atoms with van der Waals surface area (Å²) in [7, 11) is 1.57. The van der Waals surface area contributed by atoms with E-state index >= 15 is 0 Å². The Morgan fingerprint density at radius 1 is 1.50 bits per heavy atom. The van der Waals surface area contributed by atoms with Crippen molar-refractivity contribution in [1.29, 1.82) is 0 Å². The van der Waals surface area contributed by atoms with Crippen LogP contribution in [0.15, 0.2) is 24.3 Å². The number of carbonyl (C=O) groups is 1. The summed E-state index contributed by atoms with van der Waals surface area (Å²) in [5.41, 5.74) is 0.681. The lowest BCUT2D eigenvalue weighted by Crippen LogP contribution is -2.16. The molecule has 0 saturated carbocycles. The third kappa shape index (κ3) is 4.98. The van der Waals surface area contributed by atoms with Crippen molar-refractivity contribution < 1.29 is 14.6 Å². The number of aliphatic hydroxyl groups excluding tert-OH is 1. The van der Waals surface area contributed by atoms with Crippen LogP contribution in [0.3, 0.4) is 0 Å². The fourth-order valence-corrected chi connectivity index (χ4v) is 2.20. The third-order valence-electron chi connectivity index (χ3n) is 2.42. The first-order chi connectivity index (χ1) is 8.67. The van der Waals surface area contributed by atoms with E-state index in [2.05, 4.69) is 5.32 Å². The molecule has 1 aromatic carbocycles. The number of methoxy groups -OCH3 is 1. The Bertz CT molecular complexity index is 384. The van der Waals surface area contributed by atoms with E-state index in [1.807, 2.05) is 19.1 Å². The second kappa shape index (κ2) is 8.00. The van der Waals surface area contributed by atoms with Crippen LogP contribution in [0.1, 0.15) is 13.3 Å². The van der Waals surface area contributed by atoms with Gasteiger partial charge in [-0.1, -0.05) is 19.1 Å². The van der Waals surface area contributed by atoms with Crippen LogP contribution in [-0.2, 0) is 4.79 Å². The molecule has 0 aliphatic rings. The number of nitrogens with one attached hydrogen (secondary N) is 1. The van der Waals surface area contributed by atoms with Gasteiger partial charge in [0.2, 0.25) is 5.91 Å². The Labute approximate surface area is 112 Å². The van der Waals surface area contributed by atoms with Crippen molar-refractivity contribution in [2.24, 2.45) is 0 Å². The summed E-state index contributed by atoms with van der Waals surface area (Å²) >= 11 is 1.53. The average Bonchev–Trinajstić information content (AvgIpc) is 2.37. The summed E-state index contributed by atoms with van der Waals surface area (Å²) in [6.45, 7) is 2.15. The highest BCUT2D eigenvalue weighted by atomic mass is 32.2. The van der Waals surface area contributed by atoms with Crippen LogP contribution in [0, 0.1) is 0 Å². The van der Waals surface area contributed by atoms with Crippen molar-refractivity contribution in [3.63, 3.8) is 0 Å². The first-order valence-electron chi connectivity index (χ1n) is 5.82. The predicted octanol–water partition coefficient (Wildman–Crippen LogP) is 2.14. The number of anilines is 1. The van der Waals surface area contributed by atoms with Crippen molar-refractivity contribution in [2.75, 3.05) is 24.8 Å².